The lowest BCUT2D eigenvalue weighted by Crippen LogP contribution is -2.38. The molecule has 1 unspecified atom stereocenters. The number of benzene rings is 2. The SMILES string of the molecule is O=C1O[C@@H](CN(C(=O)O)c2ccon2)CN1c1ccc(-c2ccc(C3=NOC(CO)C3)cc2F)c(F)c1. The highest BCUT2D eigenvalue weighted by Crippen LogP contribution is 2.32. The Bertz CT molecular complexity index is 1370. The molecule has 192 valence electrons. The van der Waals surface area contributed by atoms with E-state index in [1.165, 1.54) is 36.6 Å². The number of cyclic esters (lactones) is 1. The molecular weight excluding hydrogens is 494 g/mol. The van der Waals surface area contributed by atoms with Crippen molar-refractivity contribution in [3.05, 3.63) is 65.9 Å². The van der Waals surface area contributed by atoms with Crippen LogP contribution >= 0.6 is 0 Å². The number of ether oxygens (including phenoxy) is 1. The Balaban J connectivity index is 1.31. The maximum atomic E-state index is 15.1. The molecule has 0 saturated carbocycles. The molecule has 2 aliphatic rings. The fourth-order valence-corrected chi connectivity index (χ4v) is 4.15. The first-order chi connectivity index (χ1) is 17.8. The first-order valence-electron chi connectivity index (χ1n) is 11.2. The molecule has 2 aromatic carbocycles. The van der Waals surface area contributed by atoms with Gasteiger partial charge in [0, 0.05) is 29.2 Å². The summed E-state index contributed by atoms with van der Waals surface area (Å²) in [4.78, 5) is 31.1. The molecule has 5 rings (SSSR count). The fraction of sp³-hybridized carbons (Fsp3) is 0.250. The smallest absolute Gasteiger partial charge is 0.414 e. The molecule has 37 heavy (non-hydrogen) atoms. The van der Waals surface area contributed by atoms with Crippen LogP contribution in [0.4, 0.5) is 29.9 Å². The number of halogens is 2. The molecule has 3 heterocycles. The van der Waals surface area contributed by atoms with Crippen molar-refractivity contribution in [1.82, 2.24) is 5.16 Å². The van der Waals surface area contributed by atoms with E-state index < -0.39 is 36.0 Å². The first kappa shape index (κ1) is 24.2. The monoisotopic (exact) mass is 514 g/mol. The van der Waals surface area contributed by atoms with Gasteiger partial charge in [0.1, 0.15) is 24.0 Å². The molecule has 11 nitrogen and oxygen atoms in total. The third-order valence-corrected chi connectivity index (χ3v) is 5.99. The summed E-state index contributed by atoms with van der Waals surface area (Å²) in [7, 11) is 0. The van der Waals surface area contributed by atoms with Crippen molar-refractivity contribution in [3.63, 3.8) is 0 Å². The zero-order chi connectivity index (χ0) is 26.1. The van der Waals surface area contributed by atoms with Crippen molar-refractivity contribution < 1.29 is 42.7 Å². The topological polar surface area (TPSA) is 138 Å². The number of oxime groups is 1. The molecule has 3 aromatic rings. The van der Waals surface area contributed by atoms with Gasteiger partial charge in [-0.25, -0.2) is 18.4 Å². The zero-order valence-electron chi connectivity index (χ0n) is 19.1. The van der Waals surface area contributed by atoms with E-state index in [0.717, 1.165) is 15.9 Å². The van der Waals surface area contributed by atoms with Gasteiger partial charge in [0.15, 0.2) is 11.9 Å². The maximum Gasteiger partial charge on any atom is 0.414 e. The third kappa shape index (κ3) is 4.80. The number of aromatic nitrogens is 1. The van der Waals surface area contributed by atoms with Crippen LogP contribution in [-0.4, -0.2) is 65.2 Å². The van der Waals surface area contributed by atoms with Crippen molar-refractivity contribution >= 4 is 29.4 Å². The van der Waals surface area contributed by atoms with E-state index >= 15 is 4.39 Å². The molecule has 2 aliphatic heterocycles. The number of aliphatic hydroxyl groups is 1. The molecule has 0 radical (unpaired) electrons. The number of carboxylic acid groups (broad SMARTS) is 1. The molecule has 0 aliphatic carbocycles. The average molecular weight is 514 g/mol. The largest absolute Gasteiger partial charge is 0.465 e. The summed E-state index contributed by atoms with van der Waals surface area (Å²) in [5.74, 6) is -1.41. The van der Waals surface area contributed by atoms with Gasteiger partial charge < -0.3 is 24.3 Å². The van der Waals surface area contributed by atoms with Gasteiger partial charge in [0.05, 0.1) is 31.1 Å². The quantitative estimate of drug-likeness (QED) is 0.488. The van der Waals surface area contributed by atoms with Crippen LogP contribution in [0.5, 0.6) is 0 Å². The summed E-state index contributed by atoms with van der Waals surface area (Å²) in [5, 5.41) is 26.0. The number of nitrogens with zero attached hydrogens (tertiary/aromatic N) is 4. The van der Waals surface area contributed by atoms with Crippen molar-refractivity contribution in [3.8, 4) is 11.1 Å². The molecule has 13 heteroatoms. The molecule has 2 atom stereocenters. The minimum absolute atomic E-state index is 0.0117. The van der Waals surface area contributed by atoms with Crippen molar-refractivity contribution in [2.24, 2.45) is 5.16 Å². The van der Waals surface area contributed by atoms with Crippen LogP contribution in [0.25, 0.3) is 11.1 Å². The standard InChI is InChI=1S/C24H20F2N4O7/c25-19-7-13(21-9-15(12-31)37-27-21)1-3-17(19)18-4-2-14(8-20(18)26)29-10-16(36-24(29)34)11-30(23(32)33)22-5-6-35-28-22/h1-8,15-16,31H,9-12H2,(H,32,33)/t15?,16-/m1/s1. The second kappa shape index (κ2) is 9.85. The van der Waals surface area contributed by atoms with E-state index in [1.807, 2.05) is 0 Å². The molecule has 1 saturated heterocycles. The van der Waals surface area contributed by atoms with E-state index in [4.69, 9.17) is 14.7 Å². The summed E-state index contributed by atoms with van der Waals surface area (Å²) in [6.07, 6.45) is -1.88. The number of hydrogen-bond donors (Lipinski definition) is 2. The minimum Gasteiger partial charge on any atom is -0.465 e. The van der Waals surface area contributed by atoms with Gasteiger partial charge in [0.2, 0.25) is 0 Å². The van der Waals surface area contributed by atoms with Crippen LogP contribution in [-0.2, 0) is 9.57 Å². The third-order valence-electron chi connectivity index (χ3n) is 5.99. The highest BCUT2D eigenvalue weighted by Gasteiger charge is 2.36. The Morgan fingerprint density at radius 3 is 2.49 bits per heavy atom. The number of rotatable bonds is 7. The molecule has 2 amide bonds. The molecular formula is C24H20F2N4O7. The Labute approximate surface area is 208 Å². The molecule has 1 aromatic heterocycles. The van der Waals surface area contributed by atoms with Gasteiger partial charge in [-0.15, -0.1) is 0 Å². The second-order valence-corrected chi connectivity index (χ2v) is 8.38. The summed E-state index contributed by atoms with van der Waals surface area (Å²) in [5.41, 5.74) is 1.10. The van der Waals surface area contributed by atoms with Crippen LogP contribution in [0.3, 0.4) is 0 Å². The highest BCUT2D eigenvalue weighted by atomic mass is 19.1. The number of amides is 2. The number of carbonyl (C=O) groups excluding carboxylic acids is 1. The second-order valence-electron chi connectivity index (χ2n) is 8.38. The summed E-state index contributed by atoms with van der Waals surface area (Å²) in [6.45, 7) is -0.464. The van der Waals surface area contributed by atoms with Crippen LogP contribution in [0, 0.1) is 11.6 Å². The van der Waals surface area contributed by atoms with Gasteiger partial charge in [-0.05, 0) is 24.3 Å². The Hall–Kier alpha value is -4.52. The van der Waals surface area contributed by atoms with E-state index in [-0.39, 0.29) is 42.3 Å². The molecule has 0 bridgehead atoms. The lowest BCUT2D eigenvalue weighted by molar-refractivity contribution is 0.0390. The summed E-state index contributed by atoms with van der Waals surface area (Å²) < 4.78 is 39.9. The first-order valence-corrected chi connectivity index (χ1v) is 11.2. The van der Waals surface area contributed by atoms with Crippen LogP contribution < -0.4 is 9.80 Å². The normalized spacial score (nSPS) is 18.9. The van der Waals surface area contributed by atoms with Crippen molar-refractivity contribution in [2.45, 2.75) is 18.6 Å². The predicted octanol–water partition coefficient (Wildman–Crippen LogP) is 3.61. The van der Waals surface area contributed by atoms with Gasteiger partial charge in [-0.3, -0.25) is 9.80 Å². The van der Waals surface area contributed by atoms with Gasteiger partial charge >= 0.3 is 12.2 Å². The van der Waals surface area contributed by atoms with Gasteiger partial charge in [-0.2, -0.15) is 0 Å². The molecule has 2 N–H and O–H groups in total. The fourth-order valence-electron chi connectivity index (χ4n) is 4.15. The van der Waals surface area contributed by atoms with E-state index in [9.17, 15) is 19.1 Å². The molecule has 0 spiro atoms. The predicted molar refractivity (Wildman–Crippen MR) is 124 cm³/mol. The van der Waals surface area contributed by atoms with Gasteiger partial charge in [0.25, 0.3) is 0 Å². The number of aliphatic hydroxyl groups excluding tert-OH is 1. The van der Waals surface area contributed by atoms with E-state index in [2.05, 4.69) is 14.8 Å². The van der Waals surface area contributed by atoms with E-state index in [0.29, 0.717) is 17.7 Å². The van der Waals surface area contributed by atoms with Crippen molar-refractivity contribution in [2.75, 3.05) is 29.5 Å². The van der Waals surface area contributed by atoms with Crippen molar-refractivity contribution in [1.29, 1.82) is 0 Å². The maximum absolute atomic E-state index is 15.1. The summed E-state index contributed by atoms with van der Waals surface area (Å²) in [6, 6.07) is 9.45. The van der Waals surface area contributed by atoms with Crippen LogP contribution in [0.15, 0.2) is 58.4 Å². The Morgan fingerprint density at radius 1 is 1.11 bits per heavy atom. The number of carbonyl (C=O) groups is 2. The zero-order valence-corrected chi connectivity index (χ0v) is 19.1. The number of hydrogen-bond acceptors (Lipinski definition) is 8. The number of anilines is 2. The lowest BCUT2D eigenvalue weighted by Gasteiger charge is -2.19. The summed E-state index contributed by atoms with van der Waals surface area (Å²) >= 11 is 0. The van der Waals surface area contributed by atoms with Gasteiger partial charge in [-0.1, -0.05) is 22.4 Å². The lowest BCUT2D eigenvalue weighted by atomic mass is 9.99. The molecule has 1 fully saturated rings. The Kier molecular flexibility index (Phi) is 6.44. The Morgan fingerprint density at radius 2 is 1.86 bits per heavy atom. The average Bonchev–Trinajstić information content (AvgIpc) is 3.64. The van der Waals surface area contributed by atoms with Crippen LogP contribution in [0.1, 0.15) is 12.0 Å². The minimum atomic E-state index is -1.31. The van der Waals surface area contributed by atoms with E-state index in [1.54, 1.807) is 6.07 Å². The highest BCUT2D eigenvalue weighted by molar-refractivity contribution is 6.01. The van der Waals surface area contributed by atoms with Crippen LogP contribution in [0.2, 0.25) is 0 Å².